The van der Waals surface area contributed by atoms with Crippen LogP contribution in [0.4, 0.5) is 0 Å². The maximum Gasteiger partial charge on any atom is 0.277 e. The third-order valence-electron chi connectivity index (χ3n) is 11.9. The zero-order chi connectivity index (χ0) is 25.2. The Morgan fingerprint density at radius 2 is 1.94 bits per heavy atom. The van der Waals surface area contributed by atoms with Crippen molar-refractivity contribution in [3.8, 4) is 0 Å². The average Bonchev–Trinajstić information content (AvgIpc) is 3.22. The van der Waals surface area contributed by atoms with Gasteiger partial charge >= 0.3 is 0 Å². The van der Waals surface area contributed by atoms with Crippen LogP contribution < -0.4 is 5.56 Å². The van der Waals surface area contributed by atoms with Crippen LogP contribution in [0, 0.1) is 46.3 Å². The maximum absolute atomic E-state index is 12.5. The molecule has 0 aromatic carbocycles. The van der Waals surface area contributed by atoms with Crippen LogP contribution in [0.25, 0.3) is 11.0 Å². The lowest BCUT2D eigenvalue weighted by Gasteiger charge is -2.62. The summed E-state index contributed by atoms with van der Waals surface area (Å²) in [6.07, 6.45) is 11.8. The number of nitrogens with zero attached hydrogens (tertiary/aromatic N) is 2. The Morgan fingerprint density at radius 1 is 1.11 bits per heavy atom. The number of fused-ring (bicyclic) bond motifs is 6. The van der Waals surface area contributed by atoms with Crippen molar-refractivity contribution >= 4 is 11.0 Å². The van der Waals surface area contributed by atoms with Crippen molar-refractivity contribution in [2.24, 2.45) is 46.3 Å². The Morgan fingerprint density at radius 3 is 2.78 bits per heavy atom. The van der Waals surface area contributed by atoms with Crippen molar-refractivity contribution in [3.05, 3.63) is 34.5 Å². The molecule has 0 spiro atoms. The van der Waals surface area contributed by atoms with E-state index in [0.29, 0.717) is 46.5 Å². The van der Waals surface area contributed by atoms with Gasteiger partial charge in [0.05, 0.1) is 17.7 Å². The molecule has 6 heteroatoms. The molecule has 1 unspecified atom stereocenters. The normalized spacial score (nSPS) is 43.0. The number of aliphatic hydroxyl groups excluding tert-OH is 2. The van der Waals surface area contributed by atoms with Gasteiger partial charge in [0.2, 0.25) is 0 Å². The van der Waals surface area contributed by atoms with Gasteiger partial charge in [-0.2, -0.15) is 0 Å². The van der Waals surface area contributed by atoms with E-state index in [-0.39, 0.29) is 28.6 Å². The van der Waals surface area contributed by atoms with E-state index in [1.807, 2.05) is 12.1 Å². The summed E-state index contributed by atoms with van der Waals surface area (Å²) in [5, 5.41) is 22.1. The summed E-state index contributed by atoms with van der Waals surface area (Å²) < 4.78 is 0. The smallest absolute Gasteiger partial charge is 0.277 e. The topological polar surface area (TPSA) is 99.1 Å². The number of H-pyrrole nitrogens is 1. The van der Waals surface area contributed by atoms with Crippen LogP contribution in [-0.4, -0.2) is 37.4 Å². The van der Waals surface area contributed by atoms with E-state index >= 15 is 0 Å². The van der Waals surface area contributed by atoms with Crippen molar-refractivity contribution in [2.75, 3.05) is 0 Å². The molecule has 10 atom stereocenters. The third kappa shape index (κ3) is 3.69. The number of pyridine rings is 1. The zero-order valence-corrected chi connectivity index (χ0v) is 22.1. The molecule has 0 radical (unpaired) electrons. The number of aryl methyl sites for hydroxylation is 1. The van der Waals surface area contributed by atoms with E-state index < -0.39 is 0 Å². The predicted octanol–water partition coefficient (Wildman–Crippen LogP) is 4.88. The number of aromatic amines is 1. The van der Waals surface area contributed by atoms with E-state index in [1.54, 1.807) is 6.20 Å². The molecule has 0 bridgehead atoms. The highest BCUT2D eigenvalue weighted by Gasteiger charge is 2.63. The number of rotatable bonds is 4. The molecule has 3 N–H and O–H groups in total. The van der Waals surface area contributed by atoms with E-state index in [1.165, 1.54) is 25.7 Å². The number of nitrogens with one attached hydrogen (secondary N) is 1. The highest BCUT2D eigenvalue weighted by atomic mass is 16.3. The summed E-state index contributed by atoms with van der Waals surface area (Å²) in [5.74, 6) is 4.19. The SMILES string of the molecule is C[C@H](CCc1nc2cccnc2c(=O)[nH]1)[C@H]1CC[C@H]2[C@@H]3CC[C@@H]4C[C@H](O)CC[C@]4(C)C3C[C@H](O)[C@]12C. The molecule has 2 aromatic heterocycles. The van der Waals surface area contributed by atoms with Gasteiger partial charge in [-0.15, -0.1) is 0 Å². The molecule has 4 aliphatic carbocycles. The molecule has 2 heterocycles. The van der Waals surface area contributed by atoms with E-state index in [0.717, 1.165) is 44.3 Å². The fourth-order valence-corrected chi connectivity index (χ4v) is 9.87. The third-order valence-corrected chi connectivity index (χ3v) is 11.9. The van der Waals surface area contributed by atoms with E-state index in [2.05, 4.69) is 35.7 Å². The quantitative estimate of drug-likeness (QED) is 0.564. The number of aromatic nitrogens is 3. The molecule has 0 aliphatic heterocycles. The highest BCUT2D eigenvalue weighted by Crippen LogP contribution is 2.68. The second kappa shape index (κ2) is 8.90. The van der Waals surface area contributed by atoms with Crippen molar-refractivity contribution < 1.29 is 10.2 Å². The van der Waals surface area contributed by atoms with Crippen molar-refractivity contribution in [2.45, 2.75) is 97.2 Å². The van der Waals surface area contributed by atoms with Crippen LogP contribution in [0.1, 0.15) is 84.4 Å². The lowest BCUT2D eigenvalue weighted by Crippen LogP contribution is -2.58. The molecule has 4 aliphatic rings. The molecule has 4 fully saturated rings. The Labute approximate surface area is 214 Å². The first-order chi connectivity index (χ1) is 17.2. The molecule has 6 nitrogen and oxygen atoms in total. The molecule has 2 aromatic rings. The Hall–Kier alpha value is -1.79. The number of hydrogen-bond acceptors (Lipinski definition) is 5. The summed E-state index contributed by atoms with van der Waals surface area (Å²) in [4.78, 5) is 24.2. The van der Waals surface area contributed by atoms with Gasteiger partial charge in [-0.1, -0.05) is 20.8 Å². The van der Waals surface area contributed by atoms with Crippen LogP contribution >= 0.6 is 0 Å². The molecular formula is C30H43N3O3. The first kappa shape index (κ1) is 24.5. The van der Waals surface area contributed by atoms with Crippen LogP contribution in [0.5, 0.6) is 0 Å². The minimum atomic E-state index is -0.259. The van der Waals surface area contributed by atoms with Gasteiger partial charge in [-0.25, -0.2) is 9.97 Å². The minimum absolute atomic E-state index is 0.0356. The Kier molecular flexibility index (Phi) is 6.07. The fourth-order valence-electron chi connectivity index (χ4n) is 9.87. The zero-order valence-electron chi connectivity index (χ0n) is 22.1. The van der Waals surface area contributed by atoms with Crippen LogP contribution in [0.2, 0.25) is 0 Å². The highest BCUT2D eigenvalue weighted by molar-refractivity contribution is 5.72. The van der Waals surface area contributed by atoms with Crippen LogP contribution in [0.3, 0.4) is 0 Å². The summed E-state index contributed by atoms with van der Waals surface area (Å²) in [5.41, 5.74) is 1.13. The predicted molar refractivity (Wildman–Crippen MR) is 140 cm³/mol. The van der Waals surface area contributed by atoms with Crippen LogP contribution in [-0.2, 0) is 6.42 Å². The first-order valence-electron chi connectivity index (χ1n) is 14.4. The number of aliphatic hydroxyl groups is 2. The van der Waals surface area contributed by atoms with Gasteiger partial charge in [0.1, 0.15) is 5.82 Å². The summed E-state index contributed by atoms with van der Waals surface area (Å²) in [6, 6.07) is 3.67. The molecule has 0 saturated heterocycles. The van der Waals surface area contributed by atoms with E-state index in [4.69, 9.17) is 0 Å². The second-order valence-electron chi connectivity index (χ2n) is 13.3. The Balaban J connectivity index is 1.19. The van der Waals surface area contributed by atoms with Gasteiger partial charge in [0, 0.05) is 12.6 Å². The van der Waals surface area contributed by atoms with Gasteiger partial charge in [0.25, 0.3) is 5.56 Å². The van der Waals surface area contributed by atoms with Gasteiger partial charge in [0.15, 0.2) is 5.52 Å². The van der Waals surface area contributed by atoms with Gasteiger partial charge < -0.3 is 15.2 Å². The van der Waals surface area contributed by atoms with Crippen molar-refractivity contribution in [1.82, 2.24) is 15.0 Å². The minimum Gasteiger partial charge on any atom is -0.393 e. The second-order valence-corrected chi connectivity index (χ2v) is 13.3. The molecular weight excluding hydrogens is 450 g/mol. The average molecular weight is 494 g/mol. The summed E-state index contributed by atoms with van der Waals surface area (Å²) in [7, 11) is 0. The van der Waals surface area contributed by atoms with Crippen LogP contribution in [0.15, 0.2) is 23.1 Å². The van der Waals surface area contributed by atoms with Gasteiger partial charge in [-0.3, -0.25) is 4.79 Å². The summed E-state index contributed by atoms with van der Waals surface area (Å²) >= 11 is 0. The fraction of sp³-hybridized carbons (Fsp3) is 0.767. The molecule has 6 rings (SSSR count). The first-order valence-corrected chi connectivity index (χ1v) is 14.4. The molecule has 196 valence electrons. The molecule has 4 saturated carbocycles. The van der Waals surface area contributed by atoms with Crippen molar-refractivity contribution in [3.63, 3.8) is 0 Å². The van der Waals surface area contributed by atoms with Gasteiger partial charge in [-0.05, 0) is 116 Å². The standard InChI is InChI=1S/C30H43N3O3/c1-17(6-11-26-32-24-5-4-14-31-27(24)28(36)33-26)21-9-10-22-20-8-7-18-15-19(34)12-13-29(18,2)23(20)16-25(35)30(21,22)3/h4-5,14,17-23,25,34-35H,6-13,15-16H2,1-3H3,(H,32,33,36)/t17-,18-,19-,20+,21-,22+,23?,25+,29+,30-/m1/s1. The Bertz CT molecular complexity index is 1180. The molecule has 36 heavy (non-hydrogen) atoms. The largest absolute Gasteiger partial charge is 0.393 e. The van der Waals surface area contributed by atoms with E-state index in [9.17, 15) is 15.0 Å². The lowest BCUT2D eigenvalue weighted by molar-refractivity contribution is -0.174. The maximum atomic E-state index is 12.5. The monoisotopic (exact) mass is 493 g/mol. The number of hydrogen-bond donors (Lipinski definition) is 3. The summed E-state index contributed by atoms with van der Waals surface area (Å²) in [6.45, 7) is 7.23. The van der Waals surface area contributed by atoms with Crippen molar-refractivity contribution in [1.29, 1.82) is 0 Å². The lowest BCUT2D eigenvalue weighted by atomic mass is 9.43. The molecule has 0 amide bonds.